The van der Waals surface area contributed by atoms with Crippen LogP contribution in [0.2, 0.25) is 0 Å². The van der Waals surface area contributed by atoms with Crippen LogP contribution >= 0.6 is 44.7 Å². The molecule has 6 nitrogen and oxygen atoms in total. The average molecular weight is 785 g/mol. The third-order valence-electron chi connectivity index (χ3n) is 6.37. The molecule has 262 valence electrons. The second-order valence-electron chi connectivity index (χ2n) is 9.44. The zero-order valence-corrected chi connectivity index (χ0v) is 28.4. The molecule has 4 aromatic rings. The first-order chi connectivity index (χ1) is 22.1. The number of carbonyl (C=O) groups is 1. The van der Waals surface area contributed by atoms with Crippen LogP contribution in [0, 0.1) is 0 Å². The minimum Gasteiger partial charge on any atom is -0.497 e. The third-order valence-corrected chi connectivity index (χ3v) is 15.6. The molecule has 0 spiro atoms. The van der Waals surface area contributed by atoms with Crippen LogP contribution in [0.1, 0.15) is 16.6 Å². The summed E-state index contributed by atoms with van der Waals surface area (Å²) in [6, 6.07) is 15.3. The van der Waals surface area contributed by atoms with E-state index in [1.54, 1.807) is 12.1 Å². The summed E-state index contributed by atoms with van der Waals surface area (Å²) in [7, 11) is -9.09. The lowest BCUT2D eigenvalue weighted by Crippen LogP contribution is -2.63. The predicted molar refractivity (Wildman–Crippen MR) is 162 cm³/mol. The number of benzene rings is 2. The molecule has 0 atom stereocenters. The standard InChI is InChI=1S/C28H21F9O6S5/c1-16(38)21-12-13-22(44-21)45-23-14-15-24(46-23)47(19-8-4-17(41-2)5-9-19,20-10-6-18(42-3)7-11-20)43-48(39,40)28(36,37)26(31,32)25(29,30)27(33,34)35/h4-15H,1-3H3. The van der Waals surface area contributed by atoms with E-state index < -0.39 is 43.7 Å². The topological polar surface area (TPSA) is 78.9 Å². The van der Waals surface area contributed by atoms with Crippen molar-refractivity contribution >= 4 is 60.6 Å². The predicted octanol–water partition coefficient (Wildman–Crippen LogP) is 10.1. The Kier molecular flexibility index (Phi) is 10.6. The van der Waals surface area contributed by atoms with Crippen molar-refractivity contribution in [2.24, 2.45) is 0 Å². The normalized spacial score (nSPS) is 13.8. The van der Waals surface area contributed by atoms with Gasteiger partial charge in [-0.3, -0.25) is 4.79 Å². The highest BCUT2D eigenvalue weighted by Crippen LogP contribution is 2.73. The molecule has 0 aliphatic rings. The van der Waals surface area contributed by atoms with Crippen molar-refractivity contribution in [1.29, 1.82) is 0 Å². The van der Waals surface area contributed by atoms with Gasteiger partial charge in [0.15, 0.2) is 5.78 Å². The molecule has 4 rings (SSSR count). The first-order valence-corrected chi connectivity index (χ1v) is 18.2. The molecule has 2 aromatic heterocycles. The number of thiophene rings is 2. The van der Waals surface area contributed by atoms with Crippen molar-refractivity contribution in [3.8, 4) is 11.5 Å². The van der Waals surface area contributed by atoms with Crippen molar-refractivity contribution in [1.82, 2.24) is 0 Å². The SMILES string of the molecule is COc1ccc(S(OS(=O)(=O)C(F)(F)C(F)(F)C(F)(F)C(F)(F)F)(c2ccc(OC)cc2)c2ccc(Sc3ccc(C(C)=O)s3)s2)cc1. The van der Waals surface area contributed by atoms with Gasteiger partial charge in [-0.2, -0.15) is 47.9 Å². The second kappa shape index (κ2) is 13.4. The van der Waals surface area contributed by atoms with Crippen molar-refractivity contribution < 1.29 is 65.8 Å². The number of alkyl halides is 9. The van der Waals surface area contributed by atoms with Crippen molar-refractivity contribution in [2.75, 3.05) is 14.2 Å². The van der Waals surface area contributed by atoms with Crippen LogP contribution in [0.3, 0.4) is 0 Å². The maximum absolute atomic E-state index is 15.2. The quantitative estimate of drug-likeness (QED) is 0.0987. The highest BCUT2D eigenvalue weighted by atomic mass is 32.3. The fourth-order valence-electron chi connectivity index (χ4n) is 3.89. The van der Waals surface area contributed by atoms with Crippen molar-refractivity contribution in [3.63, 3.8) is 0 Å². The molecule has 2 heterocycles. The molecule has 0 N–H and O–H groups in total. The van der Waals surface area contributed by atoms with Crippen LogP contribution in [0.4, 0.5) is 39.5 Å². The van der Waals surface area contributed by atoms with Gasteiger partial charge in [-0.15, -0.1) is 22.7 Å². The van der Waals surface area contributed by atoms with E-state index in [1.165, 1.54) is 57.5 Å². The van der Waals surface area contributed by atoms with Gasteiger partial charge < -0.3 is 9.47 Å². The largest absolute Gasteiger partial charge is 0.497 e. The van der Waals surface area contributed by atoms with Gasteiger partial charge in [-0.05, 0) is 90.0 Å². The second-order valence-corrected chi connectivity index (χ2v) is 17.9. The highest BCUT2D eigenvalue weighted by Gasteiger charge is 2.86. The van der Waals surface area contributed by atoms with Gasteiger partial charge in [-0.25, -0.2) is 3.63 Å². The molecule has 0 unspecified atom stereocenters. The number of carbonyl (C=O) groups excluding carboxylic acids is 1. The minimum absolute atomic E-state index is 0.160. The number of hydrogen-bond donors (Lipinski definition) is 0. The maximum atomic E-state index is 15.2. The summed E-state index contributed by atoms with van der Waals surface area (Å²) in [5, 5.41) is -7.12. The summed E-state index contributed by atoms with van der Waals surface area (Å²) >= 11 is 2.90. The maximum Gasteiger partial charge on any atom is 0.460 e. The number of hydrogen-bond acceptors (Lipinski definition) is 9. The number of ketones is 1. The van der Waals surface area contributed by atoms with Crippen LogP contribution in [-0.2, 0) is 13.7 Å². The van der Waals surface area contributed by atoms with Gasteiger partial charge in [0.1, 0.15) is 11.5 Å². The van der Waals surface area contributed by atoms with E-state index in [9.17, 15) is 43.9 Å². The van der Waals surface area contributed by atoms with E-state index in [1.807, 2.05) is 0 Å². The Morgan fingerprint density at radius 2 is 1.12 bits per heavy atom. The van der Waals surface area contributed by atoms with Crippen LogP contribution in [0.5, 0.6) is 11.5 Å². The van der Waals surface area contributed by atoms with Gasteiger partial charge >= 0.3 is 33.4 Å². The summed E-state index contributed by atoms with van der Waals surface area (Å²) in [6.07, 6.45) is -7.27. The Labute approximate surface area is 281 Å². The molecule has 0 aliphatic heterocycles. The van der Waals surface area contributed by atoms with Crippen LogP contribution < -0.4 is 9.47 Å². The Hall–Kier alpha value is -2.91. The fourth-order valence-corrected chi connectivity index (χ4v) is 13.5. The lowest BCUT2D eigenvalue weighted by atomic mass is 10.1. The van der Waals surface area contributed by atoms with E-state index in [2.05, 4.69) is 0 Å². The van der Waals surface area contributed by atoms with Gasteiger partial charge in [0.25, 0.3) is 0 Å². The summed E-state index contributed by atoms with van der Waals surface area (Å²) < 4.78 is 168. The summed E-state index contributed by atoms with van der Waals surface area (Å²) in [4.78, 5) is 11.6. The Balaban J connectivity index is 1.99. The molecule has 0 aliphatic carbocycles. The van der Waals surface area contributed by atoms with Gasteiger partial charge in [0.2, 0.25) is 0 Å². The molecule has 20 heteroatoms. The molecule has 0 bridgehead atoms. The Bertz CT molecular complexity index is 1820. The molecule has 2 aromatic carbocycles. The number of Topliss-reactive ketones (excluding diaryl/α,β-unsaturated/α-hetero) is 1. The van der Waals surface area contributed by atoms with E-state index in [-0.39, 0.29) is 31.3 Å². The average Bonchev–Trinajstić information content (AvgIpc) is 3.70. The van der Waals surface area contributed by atoms with E-state index >= 15 is 8.78 Å². The fraction of sp³-hybridized carbons (Fsp3) is 0.250. The molecule has 0 fully saturated rings. The highest BCUT2D eigenvalue weighted by molar-refractivity contribution is 8.34. The molecular weight excluding hydrogens is 764 g/mol. The first kappa shape index (κ1) is 37.9. The smallest absolute Gasteiger partial charge is 0.460 e. The van der Waals surface area contributed by atoms with Crippen LogP contribution in [-0.4, -0.2) is 51.7 Å². The first-order valence-electron chi connectivity index (χ1n) is 12.8. The lowest BCUT2D eigenvalue weighted by Gasteiger charge is -2.40. The molecule has 0 radical (unpaired) electrons. The van der Waals surface area contributed by atoms with E-state index in [0.717, 1.165) is 58.7 Å². The number of methoxy groups -OCH3 is 2. The van der Waals surface area contributed by atoms with Gasteiger partial charge in [0, 0.05) is 9.79 Å². The van der Waals surface area contributed by atoms with E-state index in [0.29, 0.717) is 13.3 Å². The number of rotatable bonds is 13. The van der Waals surface area contributed by atoms with E-state index in [4.69, 9.17) is 13.1 Å². The van der Waals surface area contributed by atoms with Gasteiger partial charge in [-0.1, -0.05) is 11.8 Å². The molecular formula is C28H21F9O6S5. The molecule has 0 saturated heterocycles. The monoisotopic (exact) mass is 784 g/mol. The summed E-state index contributed by atoms with van der Waals surface area (Å²) in [5.41, 5.74) is 0. The van der Waals surface area contributed by atoms with Crippen LogP contribution in [0.25, 0.3) is 0 Å². The van der Waals surface area contributed by atoms with Gasteiger partial charge in [0.05, 0.1) is 31.7 Å². The summed E-state index contributed by atoms with van der Waals surface area (Å²) in [5.74, 6) is -14.9. The number of ether oxygens (including phenoxy) is 2. The lowest BCUT2D eigenvalue weighted by molar-refractivity contribution is -0.382. The number of halogens is 9. The van der Waals surface area contributed by atoms with Crippen molar-refractivity contribution in [2.45, 2.75) is 52.6 Å². The Morgan fingerprint density at radius 1 is 0.667 bits per heavy atom. The molecule has 48 heavy (non-hydrogen) atoms. The molecule has 0 saturated carbocycles. The zero-order chi connectivity index (χ0) is 35.9. The van der Waals surface area contributed by atoms with Crippen molar-refractivity contribution in [3.05, 3.63) is 77.7 Å². The molecule has 0 amide bonds. The van der Waals surface area contributed by atoms with Crippen LogP contribution in [0.15, 0.2) is 95.2 Å². The third kappa shape index (κ3) is 6.66. The zero-order valence-electron chi connectivity index (χ0n) is 24.3. The summed E-state index contributed by atoms with van der Waals surface area (Å²) in [6.45, 7) is 1.34. The minimum atomic E-state index is -7.52. The Morgan fingerprint density at radius 3 is 1.54 bits per heavy atom.